The number of likely N-dealkylation sites (N-methyl/N-ethyl adjacent to an activating group) is 1. The number of aliphatic hydroxyl groups is 1. The molecule has 0 aliphatic heterocycles. The van der Waals surface area contributed by atoms with Gasteiger partial charge in [0.2, 0.25) is 5.91 Å². The molecule has 0 saturated carbocycles. The van der Waals surface area contributed by atoms with Crippen molar-refractivity contribution in [2.24, 2.45) is 0 Å². The highest BCUT2D eigenvalue weighted by molar-refractivity contribution is 7.45. The number of amides is 1. The number of rotatable bonds is 42. The summed E-state index contributed by atoms with van der Waals surface area (Å²) in [5.74, 6) is -0.219. The lowest BCUT2D eigenvalue weighted by molar-refractivity contribution is -0.870. The molecule has 342 valence electrons. The number of phosphoric acid groups is 1. The van der Waals surface area contributed by atoms with Crippen LogP contribution >= 0.6 is 7.82 Å². The molecule has 0 bridgehead atoms. The van der Waals surface area contributed by atoms with Crippen molar-refractivity contribution < 1.29 is 32.9 Å². The molecule has 59 heavy (non-hydrogen) atoms. The van der Waals surface area contributed by atoms with Crippen molar-refractivity contribution in [2.75, 3.05) is 40.9 Å². The minimum absolute atomic E-state index is 0.0125. The highest BCUT2D eigenvalue weighted by atomic mass is 31.2. The summed E-state index contributed by atoms with van der Waals surface area (Å²) in [5, 5.41) is 13.7. The summed E-state index contributed by atoms with van der Waals surface area (Å²) in [6.45, 7) is 4.46. The Balaban J connectivity index is 4.19. The zero-order valence-electron chi connectivity index (χ0n) is 38.7. The lowest BCUT2D eigenvalue weighted by Crippen LogP contribution is -2.45. The van der Waals surface area contributed by atoms with Crippen LogP contribution in [0.25, 0.3) is 0 Å². The largest absolute Gasteiger partial charge is 0.756 e. The normalized spacial score (nSPS) is 14.9. The molecule has 8 nitrogen and oxygen atoms in total. The Hall–Kier alpha value is -2.06. The Morgan fingerprint density at radius 3 is 1.56 bits per heavy atom. The maximum atomic E-state index is 12.8. The van der Waals surface area contributed by atoms with Crippen LogP contribution in [0.3, 0.4) is 0 Å². The van der Waals surface area contributed by atoms with Crippen molar-refractivity contribution in [3.05, 3.63) is 72.9 Å². The number of hydrogen-bond donors (Lipinski definition) is 2. The second-order valence-corrected chi connectivity index (χ2v) is 18.5. The molecular formula is C50H91N2O6P. The standard InChI is InChI=1S/C50H91N2O6P/c1-6-8-10-12-14-16-18-19-20-21-22-23-24-25-26-27-28-29-30-31-32-33-34-36-38-40-42-44-50(54)51-48(47-58-59(55,56)57-46-45-52(3,4)5)49(53)43-41-39-37-35-17-15-13-11-9-7-2/h9,11,17-19,21-22,24-25,35,41,43,48-49,53H,6-8,10,12-16,20,23,26-34,36-40,42,44-47H2,1-5H3,(H-,51,54,55,56)/b11-9+,19-18-,22-21-,25-24-,35-17+,43-41+. The maximum absolute atomic E-state index is 12.8. The van der Waals surface area contributed by atoms with Gasteiger partial charge in [-0.1, -0.05) is 177 Å². The van der Waals surface area contributed by atoms with Crippen molar-refractivity contribution in [2.45, 2.75) is 199 Å². The summed E-state index contributed by atoms with van der Waals surface area (Å²) in [7, 11) is 1.22. The molecule has 3 unspecified atom stereocenters. The lowest BCUT2D eigenvalue weighted by Gasteiger charge is -2.29. The molecule has 0 radical (unpaired) electrons. The van der Waals surface area contributed by atoms with Crippen LogP contribution < -0.4 is 10.2 Å². The molecule has 0 heterocycles. The molecule has 0 aromatic heterocycles. The number of quaternary nitrogens is 1. The van der Waals surface area contributed by atoms with Gasteiger partial charge >= 0.3 is 0 Å². The number of allylic oxidation sites excluding steroid dienone is 11. The average molecular weight is 847 g/mol. The molecule has 0 aromatic carbocycles. The Bertz CT molecular complexity index is 1190. The van der Waals surface area contributed by atoms with Crippen molar-refractivity contribution in [1.82, 2.24) is 5.32 Å². The SMILES string of the molecule is CC/C=C/CC/C=C/CC/C=C/C(O)C(COP(=O)([O-])OCC[N+](C)(C)C)NC(=O)CCCCCCCCCCCCCC/C=C\C/C=C\C/C=C\CCCCCCC. The van der Waals surface area contributed by atoms with Gasteiger partial charge in [-0.15, -0.1) is 0 Å². The topological polar surface area (TPSA) is 108 Å². The van der Waals surface area contributed by atoms with Gasteiger partial charge < -0.3 is 28.8 Å². The van der Waals surface area contributed by atoms with Gasteiger partial charge in [0.25, 0.3) is 7.82 Å². The van der Waals surface area contributed by atoms with Crippen molar-refractivity contribution in [3.8, 4) is 0 Å². The lowest BCUT2D eigenvalue weighted by atomic mass is 10.0. The van der Waals surface area contributed by atoms with E-state index in [2.05, 4.69) is 79.9 Å². The molecule has 0 aromatic rings. The van der Waals surface area contributed by atoms with Crippen LogP contribution in [0.1, 0.15) is 187 Å². The first-order valence-electron chi connectivity index (χ1n) is 23.8. The molecule has 0 fully saturated rings. The fourth-order valence-electron chi connectivity index (χ4n) is 6.37. The number of unbranched alkanes of at least 4 members (excludes halogenated alkanes) is 19. The Morgan fingerprint density at radius 1 is 0.610 bits per heavy atom. The number of carbonyl (C=O) groups excluding carboxylic acids is 1. The van der Waals surface area contributed by atoms with Gasteiger partial charge in [-0.05, 0) is 77.0 Å². The monoisotopic (exact) mass is 847 g/mol. The van der Waals surface area contributed by atoms with Crippen molar-refractivity contribution in [1.29, 1.82) is 0 Å². The molecule has 0 rings (SSSR count). The van der Waals surface area contributed by atoms with Crippen LogP contribution in [-0.4, -0.2) is 68.5 Å². The number of nitrogens with one attached hydrogen (secondary N) is 1. The molecule has 2 N–H and O–H groups in total. The number of hydrogen-bond acceptors (Lipinski definition) is 6. The van der Waals surface area contributed by atoms with Crippen LogP contribution in [0.2, 0.25) is 0 Å². The fraction of sp³-hybridized carbons (Fsp3) is 0.740. The summed E-state index contributed by atoms with van der Waals surface area (Å²) in [5.41, 5.74) is 0. The zero-order valence-corrected chi connectivity index (χ0v) is 39.6. The van der Waals surface area contributed by atoms with E-state index in [9.17, 15) is 19.4 Å². The molecule has 3 atom stereocenters. The molecule has 0 saturated heterocycles. The van der Waals surface area contributed by atoms with Crippen LogP contribution in [-0.2, 0) is 18.4 Å². The third kappa shape index (κ3) is 43.8. The second kappa shape index (κ2) is 41.3. The quantitative estimate of drug-likeness (QED) is 0.0274. The van der Waals surface area contributed by atoms with Gasteiger partial charge in [-0.25, -0.2) is 0 Å². The van der Waals surface area contributed by atoms with Gasteiger partial charge in [-0.2, -0.15) is 0 Å². The zero-order chi connectivity index (χ0) is 43.6. The predicted molar refractivity (Wildman–Crippen MR) is 251 cm³/mol. The third-order valence-corrected chi connectivity index (χ3v) is 11.1. The molecular weight excluding hydrogens is 756 g/mol. The summed E-state index contributed by atoms with van der Waals surface area (Å²) >= 11 is 0. The van der Waals surface area contributed by atoms with E-state index in [1.165, 1.54) is 103 Å². The van der Waals surface area contributed by atoms with E-state index in [4.69, 9.17) is 9.05 Å². The molecule has 0 aliphatic rings. The first-order valence-corrected chi connectivity index (χ1v) is 25.3. The number of aliphatic hydroxyl groups excluding tert-OH is 1. The van der Waals surface area contributed by atoms with Gasteiger partial charge in [0.05, 0.1) is 39.9 Å². The molecule has 0 aliphatic carbocycles. The number of carbonyl (C=O) groups is 1. The van der Waals surface area contributed by atoms with Crippen molar-refractivity contribution in [3.63, 3.8) is 0 Å². The first-order chi connectivity index (χ1) is 28.5. The van der Waals surface area contributed by atoms with Gasteiger partial charge in [0.1, 0.15) is 13.2 Å². The van der Waals surface area contributed by atoms with Gasteiger partial charge in [0, 0.05) is 6.42 Å². The van der Waals surface area contributed by atoms with E-state index in [1.807, 2.05) is 27.2 Å². The summed E-state index contributed by atoms with van der Waals surface area (Å²) in [4.78, 5) is 25.3. The van der Waals surface area contributed by atoms with E-state index >= 15 is 0 Å². The molecule has 9 heteroatoms. The fourth-order valence-corrected chi connectivity index (χ4v) is 7.10. The first kappa shape index (κ1) is 56.9. The highest BCUT2D eigenvalue weighted by Gasteiger charge is 2.23. The van der Waals surface area contributed by atoms with Crippen LogP contribution in [0.5, 0.6) is 0 Å². The van der Waals surface area contributed by atoms with E-state index in [1.54, 1.807) is 6.08 Å². The van der Waals surface area contributed by atoms with Gasteiger partial charge in [0.15, 0.2) is 0 Å². The third-order valence-electron chi connectivity index (χ3n) is 10.1. The summed E-state index contributed by atoms with van der Waals surface area (Å²) in [6, 6.07) is -0.912. The summed E-state index contributed by atoms with van der Waals surface area (Å²) in [6.07, 6.45) is 55.5. The Morgan fingerprint density at radius 2 is 1.05 bits per heavy atom. The maximum Gasteiger partial charge on any atom is 0.268 e. The highest BCUT2D eigenvalue weighted by Crippen LogP contribution is 2.38. The van der Waals surface area contributed by atoms with E-state index in [-0.39, 0.29) is 12.5 Å². The second-order valence-electron chi connectivity index (χ2n) is 17.1. The smallest absolute Gasteiger partial charge is 0.268 e. The van der Waals surface area contributed by atoms with Crippen LogP contribution in [0.4, 0.5) is 0 Å². The van der Waals surface area contributed by atoms with E-state index in [0.717, 1.165) is 64.2 Å². The minimum atomic E-state index is -4.60. The Kier molecular flexibility index (Phi) is 39.9. The minimum Gasteiger partial charge on any atom is -0.756 e. The average Bonchev–Trinajstić information content (AvgIpc) is 3.19. The summed E-state index contributed by atoms with van der Waals surface area (Å²) < 4.78 is 23.1. The number of nitrogens with zero attached hydrogens (tertiary/aromatic N) is 1. The Labute approximate surface area is 364 Å². The van der Waals surface area contributed by atoms with Crippen molar-refractivity contribution >= 4 is 13.7 Å². The predicted octanol–water partition coefficient (Wildman–Crippen LogP) is 12.9. The van der Waals surface area contributed by atoms with Gasteiger partial charge in [-0.3, -0.25) is 9.36 Å². The van der Waals surface area contributed by atoms with Crippen LogP contribution in [0.15, 0.2) is 72.9 Å². The molecule has 0 spiro atoms. The van der Waals surface area contributed by atoms with E-state index in [0.29, 0.717) is 17.4 Å². The van der Waals surface area contributed by atoms with Crippen LogP contribution in [0, 0.1) is 0 Å². The number of phosphoric ester groups is 1. The molecule has 1 amide bonds. The van der Waals surface area contributed by atoms with E-state index < -0.39 is 26.6 Å².